The lowest BCUT2D eigenvalue weighted by Gasteiger charge is -2.19. The smallest absolute Gasteiger partial charge is 0.191 e. The van der Waals surface area contributed by atoms with Gasteiger partial charge in [0.15, 0.2) is 5.96 Å². The van der Waals surface area contributed by atoms with Crippen LogP contribution in [-0.2, 0) is 12.0 Å². The van der Waals surface area contributed by atoms with Crippen LogP contribution in [0.3, 0.4) is 0 Å². The van der Waals surface area contributed by atoms with Gasteiger partial charge in [0.05, 0.1) is 17.8 Å². The molecule has 0 radical (unpaired) electrons. The Labute approximate surface area is 140 Å². The van der Waals surface area contributed by atoms with E-state index in [0.717, 1.165) is 24.5 Å². The second-order valence-corrected chi connectivity index (χ2v) is 6.81. The minimum atomic E-state index is -1.13. The molecule has 2 aromatic rings. The van der Waals surface area contributed by atoms with Gasteiger partial charge in [-0.05, 0) is 32.9 Å². The molecule has 0 aliphatic rings. The minimum Gasteiger partial charge on any atom is -0.466 e. The summed E-state index contributed by atoms with van der Waals surface area (Å²) in [6.45, 7) is 7.46. The molecular weight excluding hydrogens is 312 g/mol. The molecule has 0 bridgehead atoms. The van der Waals surface area contributed by atoms with E-state index in [4.69, 9.17) is 4.42 Å². The first-order valence-electron chi connectivity index (χ1n) is 7.71. The summed E-state index contributed by atoms with van der Waals surface area (Å²) >= 11 is 1.70. The van der Waals surface area contributed by atoms with Gasteiger partial charge in [-0.3, -0.25) is 0 Å². The van der Waals surface area contributed by atoms with Crippen LogP contribution in [0.25, 0.3) is 0 Å². The fraction of sp³-hybridized carbons (Fsp3) is 0.500. The number of hydrogen-bond donors (Lipinski definition) is 3. The van der Waals surface area contributed by atoms with Gasteiger partial charge >= 0.3 is 0 Å². The summed E-state index contributed by atoms with van der Waals surface area (Å²) in [6.07, 6.45) is 4.28. The number of aryl methyl sites for hydroxylation is 1. The van der Waals surface area contributed by atoms with Crippen LogP contribution >= 0.6 is 11.3 Å². The number of guanidine groups is 1. The van der Waals surface area contributed by atoms with E-state index in [0.29, 0.717) is 11.7 Å². The highest BCUT2D eigenvalue weighted by Crippen LogP contribution is 2.21. The van der Waals surface area contributed by atoms with Gasteiger partial charge in [-0.1, -0.05) is 0 Å². The highest BCUT2D eigenvalue weighted by molar-refractivity contribution is 7.11. The lowest BCUT2D eigenvalue weighted by Crippen LogP contribution is -2.39. The molecule has 6 nitrogen and oxygen atoms in total. The predicted molar refractivity (Wildman–Crippen MR) is 92.8 cm³/mol. The maximum absolute atomic E-state index is 10.4. The van der Waals surface area contributed by atoms with Crippen molar-refractivity contribution in [3.05, 3.63) is 40.2 Å². The van der Waals surface area contributed by atoms with Gasteiger partial charge in [-0.15, -0.1) is 11.3 Å². The lowest BCUT2D eigenvalue weighted by molar-refractivity contribution is 0.0437. The monoisotopic (exact) mass is 336 g/mol. The van der Waals surface area contributed by atoms with Crippen LogP contribution in [0.1, 0.15) is 29.5 Å². The molecule has 0 aliphatic heterocycles. The second-order valence-electron chi connectivity index (χ2n) is 5.49. The Morgan fingerprint density at radius 1 is 1.48 bits per heavy atom. The molecule has 0 spiro atoms. The first-order valence-corrected chi connectivity index (χ1v) is 8.53. The third-order valence-corrected chi connectivity index (χ3v) is 4.21. The Morgan fingerprint density at radius 2 is 2.30 bits per heavy atom. The van der Waals surface area contributed by atoms with Crippen LogP contribution < -0.4 is 10.6 Å². The van der Waals surface area contributed by atoms with Gasteiger partial charge in [0.25, 0.3) is 0 Å². The van der Waals surface area contributed by atoms with Gasteiger partial charge in [0.2, 0.25) is 0 Å². The molecule has 23 heavy (non-hydrogen) atoms. The Hall–Kier alpha value is -1.86. The zero-order valence-corrected chi connectivity index (χ0v) is 14.6. The summed E-state index contributed by atoms with van der Waals surface area (Å²) in [4.78, 5) is 10.0. The van der Waals surface area contributed by atoms with Gasteiger partial charge in [-0.25, -0.2) is 9.98 Å². The molecule has 0 aromatic carbocycles. The number of aliphatic imine (C=N–C) groups is 1. The van der Waals surface area contributed by atoms with Crippen LogP contribution in [0.2, 0.25) is 0 Å². The van der Waals surface area contributed by atoms with Gasteiger partial charge < -0.3 is 20.2 Å². The first-order chi connectivity index (χ1) is 11.0. The van der Waals surface area contributed by atoms with E-state index >= 15 is 0 Å². The zero-order valence-electron chi connectivity index (χ0n) is 13.8. The largest absolute Gasteiger partial charge is 0.466 e. The number of rotatable bonds is 7. The van der Waals surface area contributed by atoms with Crippen molar-refractivity contribution in [1.82, 2.24) is 15.6 Å². The Bertz CT molecular complexity index is 620. The molecule has 126 valence electrons. The molecule has 0 aliphatic carbocycles. The maximum atomic E-state index is 10.4. The van der Waals surface area contributed by atoms with Crippen LogP contribution in [0.15, 0.2) is 34.0 Å². The van der Waals surface area contributed by atoms with Gasteiger partial charge in [0, 0.05) is 30.6 Å². The molecule has 2 aromatic heterocycles. The standard InChI is InChI=1S/C16H24N4O2S/c1-4-17-15(18-8-7-14-19-10-12(2)23-14)20-11-16(3,21)13-6-5-9-22-13/h5-6,9-10,21H,4,7-8,11H2,1-3H3,(H2,17,18,20). The average Bonchev–Trinajstić information content (AvgIpc) is 3.17. The summed E-state index contributed by atoms with van der Waals surface area (Å²) in [5.41, 5.74) is -1.13. The molecule has 1 atom stereocenters. The summed E-state index contributed by atoms with van der Waals surface area (Å²) in [5.74, 6) is 1.18. The molecule has 0 amide bonds. The van der Waals surface area contributed by atoms with Crippen LogP contribution in [0.4, 0.5) is 0 Å². The number of thiazole rings is 1. The Kier molecular flexibility index (Phi) is 6.18. The summed E-state index contributed by atoms with van der Waals surface area (Å²) in [5, 5.41) is 18.0. The number of aromatic nitrogens is 1. The van der Waals surface area contributed by atoms with Crippen LogP contribution in [0.5, 0.6) is 0 Å². The maximum Gasteiger partial charge on any atom is 0.191 e. The number of nitrogens with one attached hydrogen (secondary N) is 2. The topological polar surface area (TPSA) is 82.7 Å². The van der Waals surface area contributed by atoms with Crippen molar-refractivity contribution < 1.29 is 9.52 Å². The zero-order chi connectivity index (χ0) is 16.7. The molecule has 2 rings (SSSR count). The predicted octanol–water partition coefficient (Wildman–Crippen LogP) is 2.05. The molecular formula is C16H24N4O2S. The number of nitrogens with zero attached hydrogens (tertiary/aromatic N) is 2. The molecule has 2 heterocycles. The quantitative estimate of drug-likeness (QED) is 0.532. The van der Waals surface area contributed by atoms with E-state index in [9.17, 15) is 5.11 Å². The molecule has 3 N–H and O–H groups in total. The normalized spacial score (nSPS) is 14.5. The number of hydrogen-bond acceptors (Lipinski definition) is 5. The highest BCUT2D eigenvalue weighted by Gasteiger charge is 2.26. The van der Waals surface area contributed by atoms with Crippen molar-refractivity contribution >= 4 is 17.3 Å². The summed E-state index contributed by atoms with van der Waals surface area (Å²) in [6, 6.07) is 3.51. The van der Waals surface area contributed by atoms with E-state index in [1.807, 2.05) is 13.1 Å². The molecule has 0 saturated carbocycles. The minimum absolute atomic E-state index is 0.214. The Morgan fingerprint density at radius 3 is 2.91 bits per heavy atom. The van der Waals surface area contributed by atoms with Crippen molar-refractivity contribution in [2.45, 2.75) is 32.8 Å². The average molecular weight is 336 g/mol. The fourth-order valence-corrected chi connectivity index (χ4v) is 2.83. The van der Waals surface area contributed by atoms with Crippen molar-refractivity contribution in [3.63, 3.8) is 0 Å². The van der Waals surface area contributed by atoms with Crippen molar-refractivity contribution in [1.29, 1.82) is 0 Å². The molecule has 0 fully saturated rings. The molecule has 7 heteroatoms. The van der Waals surface area contributed by atoms with E-state index in [2.05, 4.69) is 27.5 Å². The van der Waals surface area contributed by atoms with Crippen molar-refractivity contribution in [2.75, 3.05) is 19.6 Å². The van der Waals surface area contributed by atoms with Crippen molar-refractivity contribution in [2.24, 2.45) is 4.99 Å². The summed E-state index contributed by atoms with van der Waals surface area (Å²) < 4.78 is 5.26. The molecule has 1 unspecified atom stereocenters. The number of furan rings is 1. The van der Waals surface area contributed by atoms with E-state index in [1.165, 1.54) is 4.88 Å². The second kappa shape index (κ2) is 8.12. The Balaban J connectivity index is 1.89. The van der Waals surface area contributed by atoms with E-state index < -0.39 is 5.60 Å². The SMILES string of the molecule is CCNC(=NCC(C)(O)c1ccco1)NCCc1ncc(C)s1. The van der Waals surface area contributed by atoms with Crippen LogP contribution in [0, 0.1) is 6.92 Å². The number of aliphatic hydroxyl groups is 1. The third-order valence-electron chi connectivity index (χ3n) is 3.24. The highest BCUT2D eigenvalue weighted by atomic mass is 32.1. The van der Waals surface area contributed by atoms with E-state index in [1.54, 1.807) is 36.7 Å². The fourth-order valence-electron chi connectivity index (χ4n) is 2.04. The molecule has 0 saturated heterocycles. The van der Waals surface area contributed by atoms with Gasteiger partial charge in [-0.2, -0.15) is 0 Å². The summed E-state index contributed by atoms with van der Waals surface area (Å²) in [7, 11) is 0. The lowest BCUT2D eigenvalue weighted by atomic mass is 10.0. The van der Waals surface area contributed by atoms with Crippen molar-refractivity contribution in [3.8, 4) is 0 Å². The van der Waals surface area contributed by atoms with Gasteiger partial charge in [0.1, 0.15) is 11.4 Å². The van der Waals surface area contributed by atoms with Crippen LogP contribution in [-0.4, -0.2) is 35.7 Å². The van der Waals surface area contributed by atoms with E-state index in [-0.39, 0.29) is 6.54 Å². The first kappa shape index (κ1) is 17.5. The third kappa shape index (κ3) is 5.37.